The van der Waals surface area contributed by atoms with Crippen LogP contribution in [0.15, 0.2) is 65.3 Å². The van der Waals surface area contributed by atoms with Crippen LogP contribution in [0.1, 0.15) is 11.4 Å². The molecule has 4 heterocycles. The summed E-state index contributed by atoms with van der Waals surface area (Å²) in [6, 6.07) is 9.64. The van der Waals surface area contributed by atoms with E-state index in [0.29, 0.717) is 17.9 Å². The Morgan fingerprint density at radius 1 is 1.14 bits per heavy atom. The zero-order chi connectivity index (χ0) is 19.3. The number of thiazole rings is 1. The number of hydrogen-bond donors (Lipinski definition) is 0. The van der Waals surface area contributed by atoms with Gasteiger partial charge in [0.05, 0.1) is 17.9 Å². The number of para-hydroxylation sites is 1. The van der Waals surface area contributed by atoms with Crippen molar-refractivity contribution in [2.75, 3.05) is 0 Å². The van der Waals surface area contributed by atoms with Crippen LogP contribution in [-0.2, 0) is 13.6 Å². The summed E-state index contributed by atoms with van der Waals surface area (Å²) in [6.45, 7) is 2.50. The number of hydrogen-bond acceptors (Lipinski definition) is 4. The molecule has 0 radical (unpaired) electrons. The van der Waals surface area contributed by atoms with E-state index in [1.165, 1.54) is 0 Å². The van der Waals surface area contributed by atoms with Gasteiger partial charge in [0.15, 0.2) is 4.96 Å². The molecule has 5 aromatic rings. The number of imidazole rings is 2. The molecular weight excluding hydrogens is 372 g/mol. The highest BCUT2D eigenvalue weighted by Crippen LogP contribution is 2.21. The van der Waals surface area contributed by atoms with Gasteiger partial charge in [-0.2, -0.15) is 0 Å². The first-order valence-electron chi connectivity index (χ1n) is 8.90. The third-order valence-corrected chi connectivity index (χ3v) is 5.74. The first kappa shape index (κ1) is 16.8. The Bertz CT molecular complexity index is 1310. The van der Waals surface area contributed by atoms with Gasteiger partial charge in [0.2, 0.25) is 0 Å². The zero-order valence-corrected chi connectivity index (χ0v) is 16.3. The smallest absolute Gasteiger partial charge is 0.282 e. The Morgan fingerprint density at radius 2 is 1.96 bits per heavy atom. The lowest BCUT2D eigenvalue weighted by Crippen LogP contribution is -2.20. The summed E-state index contributed by atoms with van der Waals surface area (Å²) in [7, 11) is 1.89. The van der Waals surface area contributed by atoms with Gasteiger partial charge in [0.25, 0.3) is 5.56 Å². The van der Waals surface area contributed by atoms with Crippen LogP contribution in [0.25, 0.3) is 22.0 Å². The Kier molecular flexibility index (Phi) is 3.80. The highest BCUT2D eigenvalue weighted by atomic mass is 32.1. The van der Waals surface area contributed by atoms with E-state index < -0.39 is 0 Å². The third-order valence-electron chi connectivity index (χ3n) is 4.97. The lowest BCUT2D eigenvalue weighted by molar-refractivity contribution is 0.630. The standard InChI is InChI=1S/C20H18N6OS/c1-14-17(19(27)26(23(14)2)16-6-4-3-5-7-16)18-21-8-9-24(18)12-15-13-25-10-11-28-20(25)22-15/h3-11,13H,12H2,1-2H3. The topological polar surface area (TPSA) is 62.1 Å². The number of aromatic nitrogens is 6. The van der Waals surface area contributed by atoms with Crippen LogP contribution < -0.4 is 5.56 Å². The monoisotopic (exact) mass is 390 g/mol. The van der Waals surface area contributed by atoms with Gasteiger partial charge in [-0.15, -0.1) is 11.3 Å². The summed E-state index contributed by atoms with van der Waals surface area (Å²) in [6.07, 6.45) is 7.62. The molecule has 0 bridgehead atoms. The summed E-state index contributed by atoms with van der Waals surface area (Å²) < 4.78 is 7.53. The van der Waals surface area contributed by atoms with E-state index in [1.807, 2.05) is 81.9 Å². The van der Waals surface area contributed by atoms with E-state index in [0.717, 1.165) is 22.0 Å². The average Bonchev–Trinajstić information content (AvgIpc) is 3.43. The van der Waals surface area contributed by atoms with Crippen LogP contribution in [0.5, 0.6) is 0 Å². The van der Waals surface area contributed by atoms with E-state index >= 15 is 0 Å². The second kappa shape index (κ2) is 6.35. The van der Waals surface area contributed by atoms with Crippen LogP contribution >= 0.6 is 11.3 Å². The van der Waals surface area contributed by atoms with Crippen molar-refractivity contribution in [1.29, 1.82) is 0 Å². The predicted octanol–water partition coefficient (Wildman–Crippen LogP) is 3.11. The maximum absolute atomic E-state index is 13.3. The summed E-state index contributed by atoms with van der Waals surface area (Å²) in [4.78, 5) is 23.4. The minimum absolute atomic E-state index is 0.0792. The van der Waals surface area contributed by atoms with Crippen molar-refractivity contribution in [3.05, 3.63) is 82.2 Å². The SMILES string of the molecule is Cc1c(-c2nccn2Cc2cn3ccsc3n2)c(=O)n(-c2ccccc2)n1C. The number of fused-ring (bicyclic) bond motifs is 1. The van der Waals surface area contributed by atoms with Crippen molar-refractivity contribution in [3.63, 3.8) is 0 Å². The second-order valence-corrected chi connectivity index (χ2v) is 7.51. The van der Waals surface area contributed by atoms with Crippen molar-refractivity contribution < 1.29 is 0 Å². The van der Waals surface area contributed by atoms with Crippen molar-refractivity contribution in [2.45, 2.75) is 13.5 Å². The van der Waals surface area contributed by atoms with Crippen LogP contribution in [-0.4, -0.2) is 28.3 Å². The fraction of sp³-hybridized carbons (Fsp3) is 0.150. The average molecular weight is 390 g/mol. The summed E-state index contributed by atoms with van der Waals surface area (Å²) in [5.41, 5.74) is 3.16. The molecule has 0 saturated heterocycles. The Labute approximate surface area is 164 Å². The normalized spacial score (nSPS) is 11.5. The van der Waals surface area contributed by atoms with E-state index in [-0.39, 0.29) is 5.56 Å². The second-order valence-electron chi connectivity index (χ2n) is 6.64. The van der Waals surface area contributed by atoms with Gasteiger partial charge < -0.3 is 4.57 Å². The molecule has 0 aliphatic rings. The summed E-state index contributed by atoms with van der Waals surface area (Å²) in [5.74, 6) is 0.657. The number of nitrogens with zero attached hydrogens (tertiary/aromatic N) is 6. The minimum atomic E-state index is -0.0792. The third kappa shape index (κ3) is 2.53. The molecule has 140 valence electrons. The van der Waals surface area contributed by atoms with Crippen LogP contribution in [0.3, 0.4) is 0 Å². The van der Waals surface area contributed by atoms with Gasteiger partial charge in [-0.25, -0.2) is 14.6 Å². The van der Waals surface area contributed by atoms with Crippen LogP contribution in [0.2, 0.25) is 0 Å². The predicted molar refractivity (Wildman–Crippen MR) is 109 cm³/mol. The van der Waals surface area contributed by atoms with Crippen molar-refractivity contribution in [1.82, 2.24) is 28.3 Å². The van der Waals surface area contributed by atoms with Crippen molar-refractivity contribution in [2.24, 2.45) is 7.05 Å². The molecule has 1 aromatic carbocycles. The fourth-order valence-corrected chi connectivity index (χ4v) is 4.24. The quantitative estimate of drug-likeness (QED) is 0.474. The first-order chi connectivity index (χ1) is 13.6. The van der Waals surface area contributed by atoms with E-state index in [4.69, 9.17) is 0 Å². The molecule has 8 heteroatoms. The van der Waals surface area contributed by atoms with Gasteiger partial charge in [-0.3, -0.25) is 13.9 Å². The van der Waals surface area contributed by atoms with Gasteiger partial charge in [0.1, 0.15) is 11.4 Å². The van der Waals surface area contributed by atoms with Crippen molar-refractivity contribution >= 4 is 16.3 Å². The highest BCUT2D eigenvalue weighted by Gasteiger charge is 2.21. The largest absolute Gasteiger partial charge is 0.325 e. The molecule has 7 nitrogen and oxygen atoms in total. The highest BCUT2D eigenvalue weighted by molar-refractivity contribution is 7.15. The molecule has 28 heavy (non-hydrogen) atoms. The van der Waals surface area contributed by atoms with Crippen LogP contribution in [0, 0.1) is 6.92 Å². The molecule has 0 N–H and O–H groups in total. The van der Waals surface area contributed by atoms with Gasteiger partial charge in [-0.1, -0.05) is 18.2 Å². The Morgan fingerprint density at radius 3 is 2.75 bits per heavy atom. The lowest BCUT2D eigenvalue weighted by Gasteiger charge is -2.07. The van der Waals surface area contributed by atoms with E-state index in [2.05, 4.69) is 9.97 Å². The van der Waals surface area contributed by atoms with Crippen molar-refractivity contribution in [3.8, 4) is 17.1 Å². The van der Waals surface area contributed by atoms with Gasteiger partial charge in [-0.05, 0) is 19.1 Å². The molecule has 0 atom stereocenters. The molecular formula is C20H18N6OS. The van der Waals surface area contributed by atoms with E-state index in [1.54, 1.807) is 22.2 Å². The first-order valence-corrected chi connectivity index (χ1v) is 9.78. The molecule has 0 aliphatic heterocycles. The van der Waals surface area contributed by atoms with Crippen LogP contribution in [0.4, 0.5) is 0 Å². The summed E-state index contributed by atoms with van der Waals surface area (Å²) >= 11 is 1.60. The Balaban J connectivity index is 1.60. The molecule has 0 aliphatic carbocycles. The molecule has 0 saturated carbocycles. The number of rotatable bonds is 4. The fourth-order valence-electron chi connectivity index (χ4n) is 3.52. The van der Waals surface area contributed by atoms with Gasteiger partial charge in [0, 0.05) is 42.9 Å². The number of benzene rings is 1. The van der Waals surface area contributed by atoms with E-state index in [9.17, 15) is 4.79 Å². The zero-order valence-electron chi connectivity index (χ0n) is 15.5. The molecule has 0 spiro atoms. The van der Waals surface area contributed by atoms with Gasteiger partial charge >= 0.3 is 0 Å². The summed E-state index contributed by atoms with van der Waals surface area (Å²) in [5, 5.41) is 2.01. The maximum Gasteiger partial charge on any atom is 0.282 e. The molecule has 4 aromatic heterocycles. The molecule has 5 rings (SSSR count). The molecule has 0 amide bonds. The minimum Gasteiger partial charge on any atom is -0.325 e. The maximum atomic E-state index is 13.3. The molecule has 0 fully saturated rings. The lowest BCUT2D eigenvalue weighted by atomic mass is 10.2. The molecule has 0 unspecified atom stereocenters. The Hall–Kier alpha value is -3.39.